The first-order chi connectivity index (χ1) is 7.16. The van der Waals surface area contributed by atoms with E-state index in [1.807, 2.05) is 0 Å². The first-order valence-corrected chi connectivity index (χ1v) is 4.92. The molecule has 0 spiro atoms. The van der Waals surface area contributed by atoms with Gasteiger partial charge in [0.15, 0.2) is 0 Å². The van der Waals surface area contributed by atoms with Crippen LogP contribution in [0.1, 0.15) is 11.4 Å². The number of H-pyrrole nitrogens is 1. The molecule has 0 amide bonds. The number of hydrogen-bond donors (Lipinski definition) is 1. The van der Waals surface area contributed by atoms with Crippen LogP contribution in [-0.4, -0.2) is 10.1 Å². The molecule has 1 N–H and O–H groups in total. The molecule has 0 saturated heterocycles. The highest BCUT2D eigenvalue weighted by Gasteiger charge is 2.08. The molecule has 1 aromatic carbocycles. The lowest BCUT2D eigenvalue weighted by Crippen LogP contribution is -1.94. The maximum Gasteiger partial charge on any atom is 0.314 e. The monoisotopic (exact) mass is 244 g/mol. The number of hydrogen-bond acceptors (Lipinski definition) is 3. The van der Waals surface area contributed by atoms with Crippen molar-refractivity contribution in [1.29, 1.82) is 0 Å². The van der Waals surface area contributed by atoms with Crippen molar-refractivity contribution < 1.29 is 8.91 Å². The van der Waals surface area contributed by atoms with Crippen molar-refractivity contribution in [2.45, 2.75) is 6.42 Å². The molecule has 0 fully saturated rings. The van der Waals surface area contributed by atoms with Gasteiger partial charge in [-0.05, 0) is 23.8 Å². The lowest BCUT2D eigenvalue weighted by atomic mass is 10.1. The summed E-state index contributed by atoms with van der Waals surface area (Å²) in [5, 5.41) is 2.59. The number of halogens is 2. The number of nitrogens with one attached hydrogen (secondary N) is 1. The van der Waals surface area contributed by atoms with Crippen LogP contribution in [0.15, 0.2) is 22.7 Å². The first kappa shape index (κ1) is 10.3. The second-order valence-corrected chi connectivity index (χ2v) is 3.67. The zero-order valence-electron chi connectivity index (χ0n) is 7.46. The number of aromatic nitrogens is 2. The summed E-state index contributed by atoms with van der Waals surface area (Å²) in [5.74, 6) is 0.0302. The Balaban J connectivity index is 2.32. The van der Waals surface area contributed by atoms with Crippen LogP contribution in [0.3, 0.4) is 0 Å². The van der Waals surface area contributed by atoms with Crippen LogP contribution < -0.4 is 0 Å². The van der Waals surface area contributed by atoms with E-state index in [-0.39, 0.29) is 16.3 Å². The molecule has 0 aliphatic rings. The smallest absolute Gasteiger partial charge is 0.314 e. The molecule has 6 heteroatoms. The standard InChI is InChI=1S/C9H6ClFN2OS/c10-6-3-1-2-5(8(6)11)4-7-12-9(15)14-13-7/h1-3H,4H2,(H,12,13,15). The number of aromatic amines is 1. The van der Waals surface area contributed by atoms with Crippen molar-refractivity contribution in [3.05, 3.63) is 45.3 Å². The average Bonchev–Trinajstić information content (AvgIpc) is 2.59. The second-order valence-electron chi connectivity index (χ2n) is 2.92. The van der Waals surface area contributed by atoms with Gasteiger partial charge in [-0.1, -0.05) is 23.7 Å². The predicted molar refractivity (Wildman–Crippen MR) is 55.9 cm³/mol. The third kappa shape index (κ3) is 2.24. The van der Waals surface area contributed by atoms with Gasteiger partial charge in [-0.25, -0.2) is 9.55 Å². The van der Waals surface area contributed by atoms with E-state index in [4.69, 9.17) is 16.1 Å². The molecule has 1 heterocycles. The maximum atomic E-state index is 13.5. The van der Waals surface area contributed by atoms with E-state index < -0.39 is 5.82 Å². The summed E-state index contributed by atoms with van der Waals surface area (Å²) in [6.07, 6.45) is 0.270. The molecule has 2 aromatic rings. The van der Waals surface area contributed by atoms with E-state index in [9.17, 15) is 4.39 Å². The second kappa shape index (κ2) is 4.12. The SMILES string of the molecule is Fc1c(Cl)cccc1Cc1nc(=S)o[nH]1. The minimum Gasteiger partial charge on any atom is -0.348 e. The van der Waals surface area contributed by atoms with Crippen molar-refractivity contribution in [2.75, 3.05) is 0 Å². The van der Waals surface area contributed by atoms with E-state index in [0.29, 0.717) is 11.4 Å². The van der Waals surface area contributed by atoms with Gasteiger partial charge in [-0.3, -0.25) is 0 Å². The highest BCUT2D eigenvalue weighted by Crippen LogP contribution is 2.19. The molecule has 15 heavy (non-hydrogen) atoms. The minimum absolute atomic E-state index is 0.0922. The summed E-state index contributed by atoms with van der Waals surface area (Å²) >= 11 is 10.3. The van der Waals surface area contributed by atoms with Gasteiger partial charge in [-0.15, -0.1) is 0 Å². The summed E-state index contributed by atoms with van der Waals surface area (Å²) in [5.41, 5.74) is 0.446. The molecule has 1 aromatic heterocycles. The van der Waals surface area contributed by atoms with Crippen molar-refractivity contribution in [3.8, 4) is 0 Å². The lowest BCUT2D eigenvalue weighted by Gasteiger charge is -2.00. The van der Waals surface area contributed by atoms with Crippen LogP contribution in [0.2, 0.25) is 5.02 Å². The normalized spacial score (nSPS) is 10.5. The molecule has 0 atom stereocenters. The van der Waals surface area contributed by atoms with Crippen molar-refractivity contribution in [1.82, 2.24) is 10.1 Å². The number of benzene rings is 1. The van der Waals surface area contributed by atoms with Crippen molar-refractivity contribution >= 4 is 23.8 Å². The van der Waals surface area contributed by atoms with Gasteiger partial charge in [0.05, 0.1) is 5.02 Å². The van der Waals surface area contributed by atoms with Gasteiger partial charge in [0.2, 0.25) is 0 Å². The highest BCUT2D eigenvalue weighted by molar-refractivity contribution is 7.71. The van der Waals surface area contributed by atoms with Gasteiger partial charge in [-0.2, -0.15) is 4.98 Å². The molecule has 2 rings (SSSR count). The van der Waals surface area contributed by atoms with Crippen LogP contribution in [0.25, 0.3) is 0 Å². The molecule has 0 aliphatic heterocycles. The third-order valence-electron chi connectivity index (χ3n) is 1.87. The maximum absolute atomic E-state index is 13.5. The summed E-state index contributed by atoms with van der Waals surface area (Å²) in [4.78, 5) is 3.96. The molecular weight excluding hydrogens is 239 g/mol. The Kier molecular flexibility index (Phi) is 2.83. The fourth-order valence-electron chi connectivity index (χ4n) is 1.20. The lowest BCUT2D eigenvalue weighted by molar-refractivity contribution is 0.399. The topological polar surface area (TPSA) is 41.8 Å². The van der Waals surface area contributed by atoms with Crippen molar-refractivity contribution in [2.24, 2.45) is 0 Å². The average molecular weight is 245 g/mol. The molecule has 0 bridgehead atoms. The molecule has 0 unspecified atom stereocenters. The fraction of sp³-hybridized carbons (Fsp3) is 0.111. The predicted octanol–water partition coefficient (Wildman–Crippen LogP) is 3.12. The third-order valence-corrected chi connectivity index (χ3v) is 2.34. The Morgan fingerprint density at radius 1 is 1.53 bits per heavy atom. The quantitative estimate of drug-likeness (QED) is 0.826. The molecule has 0 radical (unpaired) electrons. The van der Waals surface area contributed by atoms with Crippen LogP contribution in [-0.2, 0) is 6.42 Å². The molecule has 0 aliphatic carbocycles. The minimum atomic E-state index is -0.443. The number of nitrogens with zero attached hydrogens (tertiary/aromatic N) is 1. The van der Waals surface area contributed by atoms with E-state index >= 15 is 0 Å². The Labute approximate surface area is 94.9 Å². The summed E-state index contributed by atoms with van der Waals surface area (Å²) in [6.45, 7) is 0. The van der Waals surface area contributed by atoms with Crippen LogP contribution in [0, 0.1) is 10.7 Å². The number of rotatable bonds is 2. The Hall–Kier alpha value is -1.20. The van der Waals surface area contributed by atoms with Crippen molar-refractivity contribution in [3.63, 3.8) is 0 Å². The Morgan fingerprint density at radius 2 is 2.33 bits per heavy atom. The van der Waals surface area contributed by atoms with Gasteiger partial charge in [0.1, 0.15) is 11.6 Å². The van der Waals surface area contributed by atoms with Gasteiger partial charge < -0.3 is 4.52 Å². The van der Waals surface area contributed by atoms with Crippen LogP contribution in [0.4, 0.5) is 4.39 Å². The molecular formula is C9H6ClFN2OS. The molecule has 78 valence electrons. The fourth-order valence-corrected chi connectivity index (χ4v) is 1.55. The van der Waals surface area contributed by atoms with Gasteiger partial charge >= 0.3 is 4.84 Å². The largest absolute Gasteiger partial charge is 0.348 e. The van der Waals surface area contributed by atoms with Crippen LogP contribution in [0.5, 0.6) is 0 Å². The summed E-state index contributed by atoms with van der Waals surface area (Å²) < 4.78 is 18.2. The first-order valence-electron chi connectivity index (χ1n) is 4.14. The molecule has 3 nitrogen and oxygen atoms in total. The zero-order chi connectivity index (χ0) is 10.8. The van der Waals surface area contributed by atoms with Gasteiger partial charge in [0, 0.05) is 6.42 Å². The van der Waals surface area contributed by atoms with E-state index in [1.54, 1.807) is 12.1 Å². The Bertz CT molecular complexity index is 537. The summed E-state index contributed by atoms with van der Waals surface area (Å²) in [7, 11) is 0. The highest BCUT2D eigenvalue weighted by atomic mass is 35.5. The van der Waals surface area contributed by atoms with E-state index in [0.717, 1.165) is 0 Å². The zero-order valence-corrected chi connectivity index (χ0v) is 9.03. The Morgan fingerprint density at radius 3 is 3.00 bits per heavy atom. The van der Waals surface area contributed by atoms with E-state index in [2.05, 4.69) is 22.4 Å². The summed E-state index contributed by atoms with van der Waals surface area (Å²) in [6, 6.07) is 4.80. The van der Waals surface area contributed by atoms with E-state index in [1.165, 1.54) is 6.07 Å². The van der Waals surface area contributed by atoms with Gasteiger partial charge in [0.25, 0.3) is 0 Å². The molecule has 0 saturated carbocycles. The van der Waals surface area contributed by atoms with Crippen LogP contribution >= 0.6 is 23.8 Å².